The highest BCUT2D eigenvalue weighted by Gasteiger charge is 2.13. The van der Waals surface area contributed by atoms with Crippen LogP contribution in [0.15, 0.2) is 24.3 Å². The van der Waals surface area contributed by atoms with E-state index in [0.717, 1.165) is 37.1 Å². The zero-order valence-electron chi connectivity index (χ0n) is 12.7. The van der Waals surface area contributed by atoms with Crippen molar-refractivity contribution in [3.05, 3.63) is 30.1 Å². The largest absolute Gasteiger partial charge is 0.382 e. The predicted molar refractivity (Wildman–Crippen MR) is 82.8 cm³/mol. The predicted octanol–water partition coefficient (Wildman–Crippen LogP) is 2.74. The van der Waals surface area contributed by atoms with Gasteiger partial charge in [0, 0.05) is 26.1 Å². The molecule has 0 spiro atoms. The van der Waals surface area contributed by atoms with Crippen LogP contribution in [-0.2, 0) is 17.7 Å². The van der Waals surface area contributed by atoms with Crippen LogP contribution < -0.4 is 5.73 Å². The van der Waals surface area contributed by atoms with Crippen molar-refractivity contribution in [2.45, 2.75) is 51.8 Å². The number of nitrogens with zero attached hydrogens (tertiary/aromatic N) is 2. The molecule has 2 atom stereocenters. The minimum atomic E-state index is 0.134. The maximum atomic E-state index is 6.25. The maximum absolute atomic E-state index is 6.25. The Labute approximate surface area is 120 Å². The number of ether oxygens (including phenoxy) is 1. The first kappa shape index (κ1) is 15.0. The summed E-state index contributed by atoms with van der Waals surface area (Å²) in [4.78, 5) is 4.72. The Hall–Kier alpha value is -1.39. The number of benzene rings is 1. The summed E-state index contributed by atoms with van der Waals surface area (Å²) < 4.78 is 7.53. The minimum absolute atomic E-state index is 0.134. The number of nitrogens with two attached hydrogens (primary N) is 1. The van der Waals surface area contributed by atoms with E-state index in [9.17, 15) is 0 Å². The molecule has 4 nitrogen and oxygen atoms in total. The lowest BCUT2D eigenvalue weighted by molar-refractivity contribution is 0.107. The van der Waals surface area contributed by atoms with Crippen molar-refractivity contribution in [1.82, 2.24) is 9.55 Å². The number of hydrogen-bond donors (Lipinski definition) is 1. The van der Waals surface area contributed by atoms with Gasteiger partial charge >= 0.3 is 0 Å². The fraction of sp³-hybridized carbons (Fsp3) is 0.562. The van der Waals surface area contributed by atoms with Gasteiger partial charge in [-0.3, -0.25) is 0 Å². The first-order valence-electron chi connectivity index (χ1n) is 7.38. The standard InChI is InChI=1S/C16H25N3O/c1-4-19-15-8-6-5-7-14(15)18-16(19)11-13(17)10-9-12(2)20-3/h5-8,12-13H,4,9-11,17H2,1-3H3. The summed E-state index contributed by atoms with van der Waals surface area (Å²) >= 11 is 0. The molecule has 0 amide bonds. The highest BCUT2D eigenvalue weighted by atomic mass is 16.5. The van der Waals surface area contributed by atoms with Crippen molar-refractivity contribution in [2.75, 3.05) is 7.11 Å². The monoisotopic (exact) mass is 275 g/mol. The molecule has 2 N–H and O–H groups in total. The van der Waals surface area contributed by atoms with Crippen LogP contribution in [0.25, 0.3) is 11.0 Å². The normalized spacial score (nSPS) is 14.6. The molecule has 0 saturated carbocycles. The number of para-hydroxylation sites is 2. The Kier molecular flexibility index (Phi) is 5.15. The van der Waals surface area contributed by atoms with Crippen molar-refractivity contribution in [1.29, 1.82) is 0 Å². The van der Waals surface area contributed by atoms with Crippen LogP contribution in [0, 0.1) is 0 Å². The third-order valence-corrected chi connectivity index (χ3v) is 3.84. The lowest BCUT2D eigenvalue weighted by Gasteiger charge is -2.15. The van der Waals surface area contributed by atoms with Gasteiger partial charge in [0.1, 0.15) is 5.82 Å². The summed E-state index contributed by atoms with van der Waals surface area (Å²) in [6.07, 6.45) is 3.04. The highest BCUT2D eigenvalue weighted by molar-refractivity contribution is 5.75. The molecular weight excluding hydrogens is 250 g/mol. The Bertz CT molecular complexity index is 550. The maximum Gasteiger partial charge on any atom is 0.111 e. The molecule has 4 heteroatoms. The van der Waals surface area contributed by atoms with Crippen molar-refractivity contribution < 1.29 is 4.74 Å². The summed E-state index contributed by atoms with van der Waals surface area (Å²) in [5, 5.41) is 0. The number of aromatic nitrogens is 2. The summed E-state index contributed by atoms with van der Waals surface area (Å²) in [6, 6.07) is 8.39. The zero-order valence-corrected chi connectivity index (χ0v) is 12.7. The molecule has 0 aliphatic heterocycles. The van der Waals surface area contributed by atoms with Crippen LogP contribution in [0.5, 0.6) is 0 Å². The Balaban J connectivity index is 2.09. The quantitative estimate of drug-likeness (QED) is 0.845. The number of aryl methyl sites for hydroxylation is 1. The molecule has 0 radical (unpaired) electrons. The number of hydrogen-bond acceptors (Lipinski definition) is 3. The van der Waals surface area contributed by atoms with Crippen molar-refractivity contribution >= 4 is 11.0 Å². The van der Waals surface area contributed by atoms with Crippen molar-refractivity contribution in [3.8, 4) is 0 Å². The second kappa shape index (κ2) is 6.86. The first-order valence-corrected chi connectivity index (χ1v) is 7.38. The molecule has 2 rings (SSSR count). The van der Waals surface area contributed by atoms with Crippen LogP contribution >= 0.6 is 0 Å². The number of rotatable bonds is 7. The molecule has 0 saturated heterocycles. The Morgan fingerprint density at radius 3 is 2.75 bits per heavy atom. The highest BCUT2D eigenvalue weighted by Crippen LogP contribution is 2.17. The van der Waals surface area contributed by atoms with E-state index in [1.54, 1.807) is 7.11 Å². The van der Waals surface area contributed by atoms with Crippen LogP contribution in [0.3, 0.4) is 0 Å². The molecule has 2 aromatic rings. The summed E-state index contributed by atoms with van der Waals surface area (Å²) in [5.41, 5.74) is 8.50. The van der Waals surface area contributed by atoms with Gasteiger partial charge in [-0.1, -0.05) is 12.1 Å². The Morgan fingerprint density at radius 1 is 1.30 bits per heavy atom. The Morgan fingerprint density at radius 2 is 2.05 bits per heavy atom. The van der Waals surface area contributed by atoms with Gasteiger partial charge < -0.3 is 15.0 Å². The fourth-order valence-corrected chi connectivity index (χ4v) is 2.54. The van der Waals surface area contributed by atoms with Gasteiger partial charge in [-0.05, 0) is 38.8 Å². The molecule has 2 unspecified atom stereocenters. The van der Waals surface area contributed by atoms with Gasteiger partial charge in [0.2, 0.25) is 0 Å². The van der Waals surface area contributed by atoms with E-state index in [0.29, 0.717) is 0 Å². The van der Waals surface area contributed by atoms with E-state index < -0.39 is 0 Å². The smallest absolute Gasteiger partial charge is 0.111 e. The van der Waals surface area contributed by atoms with E-state index >= 15 is 0 Å². The van der Waals surface area contributed by atoms with Crippen LogP contribution in [-0.4, -0.2) is 28.8 Å². The third kappa shape index (κ3) is 3.38. The SMILES string of the molecule is CCn1c(CC(N)CCC(C)OC)nc2ccccc21. The number of methoxy groups -OCH3 is 1. The number of fused-ring (bicyclic) bond motifs is 1. The van der Waals surface area contributed by atoms with Crippen molar-refractivity contribution in [2.24, 2.45) is 5.73 Å². The van der Waals surface area contributed by atoms with E-state index in [-0.39, 0.29) is 12.1 Å². The van der Waals surface area contributed by atoms with E-state index in [1.807, 2.05) is 6.07 Å². The molecule has 0 fully saturated rings. The average Bonchev–Trinajstić information content (AvgIpc) is 2.81. The lowest BCUT2D eigenvalue weighted by Crippen LogP contribution is -2.26. The van der Waals surface area contributed by atoms with Gasteiger partial charge in [-0.15, -0.1) is 0 Å². The second-order valence-electron chi connectivity index (χ2n) is 5.35. The average molecular weight is 275 g/mol. The molecule has 110 valence electrons. The lowest BCUT2D eigenvalue weighted by atomic mass is 10.1. The topological polar surface area (TPSA) is 53.1 Å². The van der Waals surface area contributed by atoms with E-state index in [1.165, 1.54) is 5.52 Å². The van der Waals surface area contributed by atoms with Crippen LogP contribution in [0.4, 0.5) is 0 Å². The molecule has 0 aliphatic rings. The van der Waals surface area contributed by atoms with E-state index in [4.69, 9.17) is 15.5 Å². The van der Waals surface area contributed by atoms with Gasteiger partial charge in [0.25, 0.3) is 0 Å². The zero-order chi connectivity index (χ0) is 14.5. The molecule has 0 bridgehead atoms. The third-order valence-electron chi connectivity index (χ3n) is 3.84. The minimum Gasteiger partial charge on any atom is -0.382 e. The molecular formula is C16H25N3O. The molecule has 1 aromatic heterocycles. The van der Waals surface area contributed by atoms with Crippen LogP contribution in [0.1, 0.15) is 32.5 Å². The molecule has 1 aromatic carbocycles. The fourth-order valence-electron chi connectivity index (χ4n) is 2.54. The molecule has 1 heterocycles. The first-order chi connectivity index (χ1) is 9.65. The summed E-state index contributed by atoms with van der Waals surface area (Å²) in [7, 11) is 1.74. The second-order valence-corrected chi connectivity index (χ2v) is 5.35. The molecule has 0 aliphatic carbocycles. The molecule has 20 heavy (non-hydrogen) atoms. The van der Waals surface area contributed by atoms with Crippen LogP contribution in [0.2, 0.25) is 0 Å². The van der Waals surface area contributed by atoms with Gasteiger partial charge in [0.05, 0.1) is 17.1 Å². The van der Waals surface area contributed by atoms with E-state index in [2.05, 4.69) is 36.6 Å². The summed E-state index contributed by atoms with van der Waals surface area (Å²) in [6.45, 7) is 5.15. The van der Waals surface area contributed by atoms with Gasteiger partial charge in [-0.25, -0.2) is 4.98 Å². The van der Waals surface area contributed by atoms with Gasteiger partial charge in [0.15, 0.2) is 0 Å². The van der Waals surface area contributed by atoms with Gasteiger partial charge in [-0.2, -0.15) is 0 Å². The van der Waals surface area contributed by atoms with Crippen molar-refractivity contribution in [3.63, 3.8) is 0 Å². The number of imidazole rings is 1. The summed E-state index contributed by atoms with van der Waals surface area (Å²) in [5.74, 6) is 1.09.